The molecule has 2 N–H and O–H groups in total. The number of nitrogens with two attached hydrogens (primary N) is 1. The van der Waals surface area contributed by atoms with E-state index in [0.29, 0.717) is 6.61 Å². The Morgan fingerprint density at radius 3 is 3.15 bits per heavy atom. The van der Waals surface area contributed by atoms with Gasteiger partial charge in [-0.15, -0.1) is 11.3 Å². The third kappa shape index (κ3) is 3.16. The second-order valence-electron chi connectivity index (χ2n) is 2.66. The average Bonchev–Trinajstić information content (AvgIpc) is 2.53. The van der Waals surface area contributed by atoms with Crippen molar-refractivity contribution in [1.82, 2.24) is 4.98 Å². The highest BCUT2D eigenvalue weighted by Gasteiger charge is 1.98. The van der Waals surface area contributed by atoms with Crippen LogP contribution in [0.3, 0.4) is 0 Å². The largest absolute Gasteiger partial charge is 0.402 e. The van der Waals surface area contributed by atoms with Crippen molar-refractivity contribution in [2.45, 2.75) is 20.0 Å². The van der Waals surface area contributed by atoms with E-state index in [9.17, 15) is 0 Å². The van der Waals surface area contributed by atoms with Gasteiger partial charge < -0.3 is 10.5 Å². The van der Waals surface area contributed by atoms with Gasteiger partial charge in [0.1, 0.15) is 5.01 Å². The van der Waals surface area contributed by atoms with Gasteiger partial charge in [0.15, 0.2) is 0 Å². The van der Waals surface area contributed by atoms with Crippen LogP contribution in [0.25, 0.3) is 6.08 Å². The summed E-state index contributed by atoms with van der Waals surface area (Å²) in [4.78, 5) is 5.28. The van der Waals surface area contributed by atoms with E-state index >= 15 is 0 Å². The maximum absolute atomic E-state index is 5.70. The summed E-state index contributed by atoms with van der Waals surface area (Å²) in [6.07, 6.45) is 4.65. The van der Waals surface area contributed by atoms with E-state index in [-0.39, 0.29) is 0 Å². The van der Waals surface area contributed by atoms with Gasteiger partial charge in [0.2, 0.25) is 0 Å². The van der Waals surface area contributed by atoms with Crippen molar-refractivity contribution < 1.29 is 4.74 Å². The summed E-state index contributed by atoms with van der Waals surface area (Å²) < 4.78 is 4.97. The fourth-order valence-corrected chi connectivity index (χ4v) is 1.74. The Hall–Kier alpha value is -0.870. The molecule has 0 aliphatic heterocycles. The Morgan fingerprint density at radius 2 is 2.54 bits per heavy atom. The van der Waals surface area contributed by atoms with Gasteiger partial charge in [-0.1, -0.05) is 6.92 Å². The summed E-state index contributed by atoms with van der Waals surface area (Å²) in [6.45, 7) is 2.60. The lowest BCUT2D eigenvalue weighted by molar-refractivity contribution is 0.184. The van der Waals surface area contributed by atoms with Crippen molar-refractivity contribution in [3.63, 3.8) is 0 Å². The van der Waals surface area contributed by atoms with Crippen LogP contribution in [0.15, 0.2) is 11.9 Å². The van der Waals surface area contributed by atoms with Gasteiger partial charge in [-0.2, -0.15) is 0 Å². The van der Waals surface area contributed by atoms with Crippen LogP contribution in [0.4, 0.5) is 0 Å². The van der Waals surface area contributed by atoms with E-state index in [1.165, 1.54) is 0 Å². The summed E-state index contributed by atoms with van der Waals surface area (Å²) in [5.41, 5.74) is 6.58. The number of thiazole rings is 1. The fraction of sp³-hybridized carbons (Fsp3) is 0.444. The Labute approximate surface area is 82.2 Å². The number of aromatic nitrogens is 1. The number of allylic oxidation sites excluding steroid dienone is 1. The van der Waals surface area contributed by atoms with Gasteiger partial charge >= 0.3 is 0 Å². The molecule has 0 saturated carbocycles. The van der Waals surface area contributed by atoms with Gasteiger partial charge in [-0.05, 0) is 12.5 Å². The normalized spacial score (nSPS) is 12.0. The zero-order valence-electron chi connectivity index (χ0n) is 7.91. The number of hydrogen-bond donors (Lipinski definition) is 1. The van der Waals surface area contributed by atoms with Crippen LogP contribution in [0, 0.1) is 0 Å². The Kier molecular flexibility index (Phi) is 3.92. The Bertz CT molecular complexity index is 294. The highest BCUT2D eigenvalue weighted by atomic mass is 32.1. The number of rotatable bonds is 4. The zero-order chi connectivity index (χ0) is 9.68. The molecule has 1 rings (SSSR count). The van der Waals surface area contributed by atoms with Crippen molar-refractivity contribution in [1.29, 1.82) is 0 Å². The predicted molar refractivity (Wildman–Crippen MR) is 55.3 cm³/mol. The molecule has 0 radical (unpaired) electrons. The van der Waals surface area contributed by atoms with Crippen molar-refractivity contribution in [3.05, 3.63) is 21.8 Å². The molecule has 4 heteroatoms. The topological polar surface area (TPSA) is 48.1 Å². The summed E-state index contributed by atoms with van der Waals surface area (Å²) >= 11 is 1.61. The van der Waals surface area contributed by atoms with E-state index in [1.807, 2.05) is 19.2 Å². The molecule has 0 aromatic carbocycles. The number of nitrogens with zero attached hydrogens (tertiary/aromatic N) is 1. The highest BCUT2D eigenvalue weighted by molar-refractivity contribution is 7.12. The van der Waals surface area contributed by atoms with Crippen LogP contribution in [0.1, 0.15) is 23.2 Å². The molecule has 0 bridgehead atoms. The smallest absolute Gasteiger partial charge is 0.119 e. The lowest BCUT2D eigenvalue weighted by Gasteiger charge is -1.92. The van der Waals surface area contributed by atoms with Gasteiger partial charge in [0, 0.05) is 23.9 Å². The number of hydrogen-bond acceptors (Lipinski definition) is 4. The Balaban J connectivity index is 2.68. The first kappa shape index (κ1) is 10.2. The zero-order valence-corrected chi connectivity index (χ0v) is 8.73. The second-order valence-corrected chi connectivity index (χ2v) is 3.81. The minimum absolute atomic E-state index is 0.574. The average molecular weight is 198 g/mol. The molecule has 0 atom stereocenters. The van der Waals surface area contributed by atoms with Crippen LogP contribution in [0.2, 0.25) is 0 Å². The van der Waals surface area contributed by atoms with E-state index in [4.69, 9.17) is 10.5 Å². The minimum Gasteiger partial charge on any atom is -0.402 e. The third-order valence-electron chi connectivity index (χ3n) is 1.58. The van der Waals surface area contributed by atoms with Gasteiger partial charge in [0.05, 0.1) is 6.61 Å². The van der Waals surface area contributed by atoms with Crippen molar-refractivity contribution in [2.75, 3.05) is 7.11 Å². The maximum Gasteiger partial charge on any atom is 0.119 e. The fourth-order valence-electron chi connectivity index (χ4n) is 0.866. The quantitative estimate of drug-likeness (QED) is 0.805. The van der Waals surface area contributed by atoms with Crippen LogP contribution >= 0.6 is 11.3 Å². The van der Waals surface area contributed by atoms with E-state index in [1.54, 1.807) is 18.4 Å². The molecule has 0 spiro atoms. The van der Waals surface area contributed by atoms with E-state index in [0.717, 1.165) is 22.0 Å². The molecule has 0 amide bonds. The SMILES string of the molecule is CC/C(N)=C/c1cnc(COC)s1. The lowest BCUT2D eigenvalue weighted by atomic mass is 10.3. The standard InChI is InChI=1S/C9H14N2OS/c1-3-7(10)4-8-5-11-9(13-8)6-12-2/h4-5H,3,6,10H2,1-2H3/b7-4-. The number of methoxy groups -OCH3 is 1. The lowest BCUT2D eigenvalue weighted by Crippen LogP contribution is -1.92. The molecular weight excluding hydrogens is 184 g/mol. The minimum atomic E-state index is 0.574. The monoisotopic (exact) mass is 198 g/mol. The second kappa shape index (κ2) is 4.99. The third-order valence-corrected chi connectivity index (χ3v) is 2.49. The number of ether oxygens (including phenoxy) is 1. The van der Waals surface area contributed by atoms with Crippen molar-refractivity contribution >= 4 is 17.4 Å². The molecular formula is C9H14N2OS. The molecule has 72 valence electrons. The summed E-state index contributed by atoms with van der Waals surface area (Å²) in [7, 11) is 1.66. The molecule has 0 unspecified atom stereocenters. The summed E-state index contributed by atoms with van der Waals surface area (Å²) in [5, 5.41) is 0.984. The van der Waals surface area contributed by atoms with Crippen LogP contribution in [-0.4, -0.2) is 12.1 Å². The molecule has 13 heavy (non-hydrogen) atoms. The van der Waals surface area contributed by atoms with Crippen LogP contribution in [0.5, 0.6) is 0 Å². The first-order valence-electron chi connectivity index (χ1n) is 4.16. The highest BCUT2D eigenvalue weighted by Crippen LogP contribution is 2.16. The predicted octanol–water partition coefficient (Wildman–Crippen LogP) is 2.00. The van der Waals surface area contributed by atoms with E-state index < -0.39 is 0 Å². The van der Waals surface area contributed by atoms with Crippen LogP contribution < -0.4 is 5.73 Å². The molecule has 3 nitrogen and oxygen atoms in total. The maximum atomic E-state index is 5.70. The molecule has 1 aromatic rings. The van der Waals surface area contributed by atoms with Gasteiger partial charge in [-0.3, -0.25) is 0 Å². The van der Waals surface area contributed by atoms with Gasteiger partial charge in [0.25, 0.3) is 0 Å². The van der Waals surface area contributed by atoms with Gasteiger partial charge in [-0.25, -0.2) is 4.98 Å². The van der Waals surface area contributed by atoms with Crippen molar-refractivity contribution in [2.24, 2.45) is 5.73 Å². The van der Waals surface area contributed by atoms with Crippen molar-refractivity contribution in [3.8, 4) is 0 Å². The van der Waals surface area contributed by atoms with E-state index in [2.05, 4.69) is 4.98 Å². The molecule has 0 fully saturated rings. The molecule has 0 saturated heterocycles. The van der Waals surface area contributed by atoms with Crippen LogP contribution in [-0.2, 0) is 11.3 Å². The molecule has 1 heterocycles. The summed E-state index contributed by atoms with van der Waals surface area (Å²) in [5.74, 6) is 0. The molecule has 0 aliphatic rings. The molecule has 0 aliphatic carbocycles. The molecule has 1 aromatic heterocycles. The Morgan fingerprint density at radius 1 is 1.77 bits per heavy atom. The first-order valence-corrected chi connectivity index (χ1v) is 4.97. The summed E-state index contributed by atoms with van der Waals surface area (Å²) in [6, 6.07) is 0. The first-order chi connectivity index (χ1) is 6.26.